The predicted octanol–water partition coefficient (Wildman–Crippen LogP) is 2.43. The maximum absolute atomic E-state index is 9.88. The highest BCUT2D eigenvalue weighted by Gasteiger charge is 2.28. The number of hydrogen-bond acceptors (Lipinski definition) is 3. The number of aryl methyl sites for hydroxylation is 1. The first-order valence-electron chi connectivity index (χ1n) is 7.36. The number of nitrogens with one attached hydrogen (secondary N) is 1. The quantitative estimate of drug-likeness (QED) is 0.874. The third-order valence-corrected chi connectivity index (χ3v) is 4.68. The molecule has 3 nitrogen and oxygen atoms in total. The topological polar surface area (TPSA) is 41.5 Å². The summed E-state index contributed by atoms with van der Waals surface area (Å²) in [4.78, 5) is 0. The molecule has 1 fully saturated rings. The molecule has 2 aliphatic carbocycles. The van der Waals surface area contributed by atoms with Crippen molar-refractivity contribution in [3.63, 3.8) is 0 Å². The zero-order valence-electron chi connectivity index (χ0n) is 11.6. The van der Waals surface area contributed by atoms with E-state index in [9.17, 15) is 5.11 Å². The second-order valence-electron chi connectivity index (χ2n) is 5.82. The van der Waals surface area contributed by atoms with Crippen LogP contribution >= 0.6 is 0 Å². The summed E-state index contributed by atoms with van der Waals surface area (Å²) in [5.74, 6) is 1.38. The SMILES string of the molecule is COc1ccc2c(c1)C(NCC1CCCC1O)CC2. The third kappa shape index (κ3) is 2.63. The average Bonchev–Trinajstić information content (AvgIpc) is 3.02. The summed E-state index contributed by atoms with van der Waals surface area (Å²) >= 11 is 0. The van der Waals surface area contributed by atoms with Gasteiger partial charge >= 0.3 is 0 Å². The molecule has 0 saturated heterocycles. The molecule has 0 heterocycles. The van der Waals surface area contributed by atoms with Crippen molar-refractivity contribution in [1.29, 1.82) is 0 Å². The van der Waals surface area contributed by atoms with Crippen LogP contribution in [0.2, 0.25) is 0 Å². The number of rotatable bonds is 4. The van der Waals surface area contributed by atoms with Crippen LogP contribution in [0.5, 0.6) is 5.75 Å². The highest BCUT2D eigenvalue weighted by atomic mass is 16.5. The van der Waals surface area contributed by atoms with Crippen molar-refractivity contribution in [2.24, 2.45) is 5.92 Å². The van der Waals surface area contributed by atoms with E-state index >= 15 is 0 Å². The Morgan fingerprint density at radius 2 is 2.21 bits per heavy atom. The van der Waals surface area contributed by atoms with Crippen molar-refractivity contribution in [2.75, 3.05) is 13.7 Å². The Morgan fingerprint density at radius 3 is 2.95 bits per heavy atom. The van der Waals surface area contributed by atoms with Crippen LogP contribution in [0.15, 0.2) is 18.2 Å². The summed E-state index contributed by atoms with van der Waals surface area (Å²) in [5, 5.41) is 13.5. The van der Waals surface area contributed by atoms with E-state index in [1.54, 1.807) is 7.11 Å². The fourth-order valence-electron chi connectivity index (χ4n) is 3.47. The monoisotopic (exact) mass is 261 g/mol. The first kappa shape index (κ1) is 12.9. The zero-order valence-corrected chi connectivity index (χ0v) is 11.6. The Bertz CT molecular complexity index is 446. The second kappa shape index (κ2) is 5.51. The number of aliphatic hydroxyl groups excluding tert-OH is 1. The summed E-state index contributed by atoms with van der Waals surface area (Å²) in [6, 6.07) is 6.81. The molecule has 1 saturated carbocycles. The highest BCUT2D eigenvalue weighted by Crippen LogP contribution is 2.34. The normalized spacial score (nSPS) is 29.5. The first-order chi connectivity index (χ1) is 9.28. The largest absolute Gasteiger partial charge is 0.497 e. The van der Waals surface area contributed by atoms with Crippen LogP contribution in [0.3, 0.4) is 0 Å². The van der Waals surface area contributed by atoms with E-state index in [4.69, 9.17) is 4.74 Å². The molecule has 0 bridgehead atoms. The molecule has 0 radical (unpaired) electrons. The van der Waals surface area contributed by atoms with Gasteiger partial charge in [0, 0.05) is 12.6 Å². The van der Waals surface area contributed by atoms with Gasteiger partial charge in [0.05, 0.1) is 13.2 Å². The summed E-state index contributed by atoms with van der Waals surface area (Å²) in [6.07, 6.45) is 5.50. The molecule has 0 spiro atoms. The Balaban J connectivity index is 1.65. The molecular weight excluding hydrogens is 238 g/mol. The van der Waals surface area contributed by atoms with Gasteiger partial charge in [0.1, 0.15) is 5.75 Å². The number of ether oxygens (including phenoxy) is 1. The maximum Gasteiger partial charge on any atom is 0.119 e. The second-order valence-corrected chi connectivity index (χ2v) is 5.82. The number of aliphatic hydroxyl groups is 1. The molecule has 3 heteroatoms. The molecule has 3 unspecified atom stereocenters. The van der Waals surface area contributed by atoms with Crippen molar-refractivity contribution in [2.45, 2.75) is 44.2 Å². The van der Waals surface area contributed by atoms with Crippen LogP contribution in [0.1, 0.15) is 42.9 Å². The summed E-state index contributed by atoms with van der Waals surface area (Å²) in [5.41, 5.74) is 2.82. The fourth-order valence-corrected chi connectivity index (χ4v) is 3.47. The summed E-state index contributed by atoms with van der Waals surface area (Å²) in [7, 11) is 1.72. The van der Waals surface area contributed by atoms with Gasteiger partial charge in [-0.3, -0.25) is 0 Å². The Morgan fingerprint density at radius 1 is 1.32 bits per heavy atom. The molecule has 1 aromatic rings. The van der Waals surface area contributed by atoms with Crippen LogP contribution < -0.4 is 10.1 Å². The molecule has 2 N–H and O–H groups in total. The fraction of sp³-hybridized carbons (Fsp3) is 0.625. The van der Waals surface area contributed by atoms with Crippen LogP contribution in [0.4, 0.5) is 0 Å². The predicted molar refractivity (Wildman–Crippen MR) is 75.4 cm³/mol. The van der Waals surface area contributed by atoms with Crippen molar-refractivity contribution in [1.82, 2.24) is 5.32 Å². The third-order valence-electron chi connectivity index (χ3n) is 4.68. The molecule has 0 aromatic heterocycles. The van der Waals surface area contributed by atoms with Gasteiger partial charge in [-0.1, -0.05) is 12.5 Å². The van der Waals surface area contributed by atoms with E-state index in [1.807, 2.05) is 6.07 Å². The van der Waals surface area contributed by atoms with Crippen molar-refractivity contribution in [3.05, 3.63) is 29.3 Å². The van der Waals surface area contributed by atoms with Crippen LogP contribution in [0, 0.1) is 5.92 Å². The minimum Gasteiger partial charge on any atom is -0.497 e. The van der Waals surface area contributed by atoms with Gasteiger partial charge in [-0.15, -0.1) is 0 Å². The van der Waals surface area contributed by atoms with E-state index in [1.165, 1.54) is 17.5 Å². The van der Waals surface area contributed by atoms with Crippen LogP contribution in [0.25, 0.3) is 0 Å². The van der Waals surface area contributed by atoms with Gasteiger partial charge in [-0.25, -0.2) is 0 Å². The van der Waals surface area contributed by atoms with Gasteiger partial charge in [0.2, 0.25) is 0 Å². The zero-order chi connectivity index (χ0) is 13.2. The first-order valence-corrected chi connectivity index (χ1v) is 7.36. The number of methoxy groups -OCH3 is 1. The summed E-state index contributed by atoms with van der Waals surface area (Å²) in [6.45, 7) is 0.933. The van der Waals surface area contributed by atoms with Gasteiger partial charge in [0.15, 0.2) is 0 Å². The van der Waals surface area contributed by atoms with E-state index < -0.39 is 0 Å². The molecule has 0 amide bonds. The molecular formula is C16H23NO2. The average molecular weight is 261 g/mol. The number of fused-ring (bicyclic) bond motifs is 1. The van der Waals surface area contributed by atoms with Gasteiger partial charge < -0.3 is 15.2 Å². The van der Waals surface area contributed by atoms with Gasteiger partial charge in [-0.2, -0.15) is 0 Å². The van der Waals surface area contributed by atoms with E-state index in [2.05, 4.69) is 17.4 Å². The molecule has 104 valence electrons. The minimum absolute atomic E-state index is 0.0984. The van der Waals surface area contributed by atoms with Crippen molar-refractivity contribution < 1.29 is 9.84 Å². The molecule has 0 aliphatic heterocycles. The van der Waals surface area contributed by atoms with Gasteiger partial charge in [-0.05, 0) is 54.9 Å². The van der Waals surface area contributed by atoms with Gasteiger partial charge in [0.25, 0.3) is 0 Å². The molecule has 19 heavy (non-hydrogen) atoms. The molecule has 3 rings (SSSR count). The molecule has 3 atom stereocenters. The maximum atomic E-state index is 9.88. The lowest BCUT2D eigenvalue weighted by Gasteiger charge is -2.20. The highest BCUT2D eigenvalue weighted by molar-refractivity contribution is 5.40. The lowest BCUT2D eigenvalue weighted by atomic mass is 10.0. The smallest absolute Gasteiger partial charge is 0.119 e. The Kier molecular flexibility index (Phi) is 3.76. The standard InChI is InChI=1S/C16H23NO2/c1-19-13-7-5-11-6-8-15(14(11)9-13)17-10-12-3-2-4-16(12)18/h5,7,9,12,15-18H,2-4,6,8,10H2,1H3. The lowest BCUT2D eigenvalue weighted by molar-refractivity contribution is 0.130. The molecule has 1 aromatic carbocycles. The van der Waals surface area contributed by atoms with E-state index in [0.29, 0.717) is 12.0 Å². The minimum atomic E-state index is -0.0984. The Labute approximate surface area is 115 Å². The van der Waals surface area contributed by atoms with Crippen molar-refractivity contribution in [3.8, 4) is 5.75 Å². The lowest BCUT2D eigenvalue weighted by Crippen LogP contribution is -2.30. The van der Waals surface area contributed by atoms with Crippen molar-refractivity contribution >= 4 is 0 Å². The van der Waals surface area contributed by atoms with Crippen LogP contribution in [-0.2, 0) is 6.42 Å². The number of benzene rings is 1. The molecule has 2 aliphatic rings. The Hall–Kier alpha value is -1.06. The summed E-state index contributed by atoms with van der Waals surface area (Å²) < 4.78 is 5.31. The number of hydrogen-bond donors (Lipinski definition) is 2. The van der Waals surface area contributed by atoms with E-state index in [-0.39, 0.29) is 6.10 Å². The van der Waals surface area contributed by atoms with Crippen LogP contribution in [-0.4, -0.2) is 24.9 Å². The van der Waals surface area contributed by atoms with E-state index in [0.717, 1.165) is 38.0 Å².